The van der Waals surface area contributed by atoms with E-state index in [9.17, 15) is 23.5 Å². The normalized spacial score (nSPS) is 11.6. The lowest BCUT2D eigenvalue weighted by molar-refractivity contribution is -0.137. The molecule has 1 amide bonds. The quantitative estimate of drug-likeness (QED) is 0.679. The van der Waals surface area contributed by atoms with Gasteiger partial charge >= 0.3 is 5.97 Å². The molecule has 150 valence electrons. The maximum atomic E-state index is 13.4. The van der Waals surface area contributed by atoms with E-state index in [0.717, 1.165) is 24.6 Å². The Morgan fingerprint density at radius 2 is 1.86 bits per heavy atom. The second-order valence-corrected chi connectivity index (χ2v) is 6.01. The van der Waals surface area contributed by atoms with Crippen LogP contribution in [0.15, 0.2) is 36.4 Å². The zero-order valence-electron chi connectivity index (χ0n) is 15.5. The van der Waals surface area contributed by atoms with Gasteiger partial charge in [0.2, 0.25) is 0 Å². The molecule has 0 saturated heterocycles. The number of rotatable bonds is 9. The first-order chi connectivity index (χ1) is 13.3. The number of methoxy groups -OCH3 is 1. The number of carboxylic acid groups (broad SMARTS) is 1. The van der Waals surface area contributed by atoms with Crippen molar-refractivity contribution in [1.82, 2.24) is 5.32 Å². The number of halogens is 2. The SMILES string of the molecule is CCCOc1ccc(C(CC(=O)O)NC(=O)c2ccc(F)c(F)c2)cc1OC. The van der Waals surface area contributed by atoms with Gasteiger partial charge < -0.3 is 19.9 Å². The Balaban J connectivity index is 2.28. The van der Waals surface area contributed by atoms with E-state index in [1.807, 2.05) is 6.92 Å². The van der Waals surface area contributed by atoms with Crippen LogP contribution in [0.1, 0.15) is 41.7 Å². The summed E-state index contributed by atoms with van der Waals surface area (Å²) >= 11 is 0. The van der Waals surface area contributed by atoms with Gasteiger partial charge in [0.15, 0.2) is 23.1 Å². The third-order valence-electron chi connectivity index (χ3n) is 3.92. The van der Waals surface area contributed by atoms with E-state index >= 15 is 0 Å². The first-order valence-electron chi connectivity index (χ1n) is 8.64. The molecule has 0 aliphatic heterocycles. The highest BCUT2D eigenvalue weighted by Crippen LogP contribution is 2.31. The highest BCUT2D eigenvalue weighted by Gasteiger charge is 2.21. The van der Waals surface area contributed by atoms with Crippen LogP contribution in [0.2, 0.25) is 0 Å². The molecule has 2 rings (SSSR count). The summed E-state index contributed by atoms with van der Waals surface area (Å²) < 4.78 is 37.3. The van der Waals surface area contributed by atoms with Crippen LogP contribution < -0.4 is 14.8 Å². The zero-order valence-corrected chi connectivity index (χ0v) is 15.5. The van der Waals surface area contributed by atoms with Crippen LogP contribution >= 0.6 is 0 Å². The van der Waals surface area contributed by atoms with Gasteiger partial charge in [0.25, 0.3) is 5.91 Å². The molecule has 1 atom stereocenters. The second kappa shape index (κ2) is 9.68. The molecular formula is C20H21F2NO5. The van der Waals surface area contributed by atoms with Crippen LogP contribution in [-0.4, -0.2) is 30.7 Å². The molecule has 0 radical (unpaired) electrons. The molecule has 0 aromatic heterocycles. The number of carbonyl (C=O) groups is 2. The van der Waals surface area contributed by atoms with E-state index in [4.69, 9.17) is 9.47 Å². The fourth-order valence-corrected chi connectivity index (χ4v) is 2.54. The lowest BCUT2D eigenvalue weighted by atomic mass is 10.0. The van der Waals surface area contributed by atoms with Crippen molar-refractivity contribution in [3.05, 3.63) is 59.2 Å². The predicted octanol–water partition coefficient (Wildman–Crippen LogP) is 3.71. The van der Waals surface area contributed by atoms with Crippen LogP contribution in [0.4, 0.5) is 8.78 Å². The van der Waals surface area contributed by atoms with E-state index in [-0.39, 0.29) is 5.56 Å². The van der Waals surface area contributed by atoms with Gasteiger partial charge in [-0.15, -0.1) is 0 Å². The number of hydrogen-bond acceptors (Lipinski definition) is 4. The van der Waals surface area contributed by atoms with Crippen LogP contribution in [0, 0.1) is 11.6 Å². The molecule has 2 aromatic carbocycles. The first kappa shape index (κ1) is 21.1. The minimum Gasteiger partial charge on any atom is -0.493 e. The summed E-state index contributed by atoms with van der Waals surface area (Å²) in [5.74, 6) is -3.22. The van der Waals surface area contributed by atoms with Gasteiger partial charge in [0.1, 0.15) is 0 Å². The van der Waals surface area contributed by atoms with E-state index in [1.165, 1.54) is 7.11 Å². The van der Waals surface area contributed by atoms with Gasteiger partial charge in [-0.2, -0.15) is 0 Å². The minimum absolute atomic E-state index is 0.121. The van der Waals surface area contributed by atoms with Crippen molar-refractivity contribution >= 4 is 11.9 Å². The molecule has 0 heterocycles. The Hall–Kier alpha value is -3.16. The average molecular weight is 393 g/mol. The minimum atomic E-state index is -1.17. The van der Waals surface area contributed by atoms with Crippen molar-refractivity contribution in [3.8, 4) is 11.5 Å². The Kier molecular flexibility index (Phi) is 7.31. The third-order valence-corrected chi connectivity index (χ3v) is 3.92. The number of nitrogens with one attached hydrogen (secondary N) is 1. The maximum absolute atomic E-state index is 13.4. The van der Waals surface area contributed by atoms with Gasteiger partial charge in [-0.3, -0.25) is 9.59 Å². The summed E-state index contributed by atoms with van der Waals surface area (Å²) in [6, 6.07) is 6.61. The molecule has 0 aliphatic rings. The van der Waals surface area contributed by atoms with Crippen molar-refractivity contribution in [2.75, 3.05) is 13.7 Å². The maximum Gasteiger partial charge on any atom is 0.305 e. The van der Waals surface area contributed by atoms with Gasteiger partial charge in [0.05, 0.1) is 26.2 Å². The Morgan fingerprint density at radius 3 is 2.46 bits per heavy atom. The summed E-state index contributed by atoms with van der Waals surface area (Å²) in [5, 5.41) is 11.7. The summed E-state index contributed by atoms with van der Waals surface area (Å²) in [5.41, 5.74) is 0.350. The Labute approximate surface area is 161 Å². The molecule has 28 heavy (non-hydrogen) atoms. The van der Waals surface area contributed by atoms with Gasteiger partial charge in [-0.25, -0.2) is 8.78 Å². The van der Waals surface area contributed by atoms with Crippen LogP contribution in [0.5, 0.6) is 11.5 Å². The number of amides is 1. The van der Waals surface area contributed by atoms with Crippen molar-refractivity contribution < 1.29 is 33.0 Å². The van der Waals surface area contributed by atoms with Crippen molar-refractivity contribution in [3.63, 3.8) is 0 Å². The Morgan fingerprint density at radius 1 is 1.11 bits per heavy atom. The standard InChI is InChI=1S/C20H21F2NO5/c1-3-8-28-17-7-5-12(10-18(17)27-2)16(11-19(24)25)23-20(26)13-4-6-14(21)15(22)9-13/h4-7,9-10,16H,3,8,11H2,1-2H3,(H,23,26)(H,24,25). The molecule has 2 aromatic rings. The number of carboxylic acids is 1. The fraction of sp³-hybridized carbons (Fsp3) is 0.300. The monoisotopic (exact) mass is 393 g/mol. The van der Waals surface area contributed by atoms with E-state index in [2.05, 4.69) is 5.32 Å². The summed E-state index contributed by atoms with van der Waals surface area (Å²) in [4.78, 5) is 23.6. The van der Waals surface area contributed by atoms with Gasteiger partial charge in [-0.05, 0) is 42.3 Å². The van der Waals surface area contributed by atoms with Gasteiger partial charge in [-0.1, -0.05) is 13.0 Å². The lowest BCUT2D eigenvalue weighted by Gasteiger charge is -2.19. The first-order valence-corrected chi connectivity index (χ1v) is 8.64. The third kappa shape index (κ3) is 5.42. The molecule has 8 heteroatoms. The number of ether oxygens (including phenoxy) is 2. The van der Waals surface area contributed by atoms with Gasteiger partial charge in [0, 0.05) is 5.56 Å². The van der Waals surface area contributed by atoms with E-state index in [1.54, 1.807) is 18.2 Å². The van der Waals surface area contributed by atoms with Crippen molar-refractivity contribution in [1.29, 1.82) is 0 Å². The molecule has 0 fully saturated rings. The fourth-order valence-electron chi connectivity index (χ4n) is 2.54. The zero-order chi connectivity index (χ0) is 20.7. The van der Waals surface area contributed by atoms with Crippen LogP contribution in [-0.2, 0) is 4.79 Å². The summed E-state index contributed by atoms with van der Waals surface area (Å²) in [7, 11) is 1.45. The molecule has 0 spiro atoms. The predicted molar refractivity (Wildman–Crippen MR) is 97.6 cm³/mol. The smallest absolute Gasteiger partial charge is 0.305 e. The summed E-state index contributed by atoms with van der Waals surface area (Å²) in [6.07, 6.45) is 0.393. The number of benzene rings is 2. The highest BCUT2D eigenvalue weighted by atomic mass is 19.2. The van der Waals surface area contributed by atoms with Crippen LogP contribution in [0.25, 0.3) is 0 Å². The summed E-state index contributed by atoms with van der Waals surface area (Å²) in [6.45, 7) is 2.44. The molecular weight excluding hydrogens is 372 g/mol. The van der Waals surface area contributed by atoms with E-state index in [0.29, 0.717) is 23.7 Å². The molecule has 0 aliphatic carbocycles. The molecule has 0 bridgehead atoms. The van der Waals surface area contributed by atoms with Crippen LogP contribution in [0.3, 0.4) is 0 Å². The lowest BCUT2D eigenvalue weighted by Crippen LogP contribution is -2.30. The largest absolute Gasteiger partial charge is 0.493 e. The number of aliphatic carboxylic acids is 1. The van der Waals surface area contributed by atoms with E-state index < -0.39 is 36.0 Å². The molecule has 0 saturated carbocycles. The number of hydrogen-bond donors (Lipinski definition) is 2. The molecule has 6 nitrogen and oxygen atoms in total. The average Bonchev–Trinajstić information content (AvgIpc) is 2.67. The second-order valence-electron chi connectivity index (χ2n) is 6.01. The van der Waals surface area contributed by atoms with Crippen molar-refractivity contribution in [2.45, 2.75) is 25.8 Å². The number of carbonyl (C=O) groups excluding carboxylic acids is 1. The van der Waals surface area contributed by atoms with Crippen molar-refractivity contribution in [2.24, 2.45) is 0 Å². The topological polar surface area (TPSA) is 84.9 Å². The molecule has 1 unspecified atom stereocenters. The Bertz CT molecular complexity index is 856. The molecule has 2 N–H and O–H groups in total. The highest BCUT2D eigenvalue weighted by molar-refractivity contribution is 5.94.